The second-order valence-electron chi connectivity index (χ2n) is 8.53. The SMILES string of the molecule is C[C@H]1CC[C@@H]2CC(c3ccc(C(=O)Oc4ccc(F)cc4)cc3F)CC[C@H]2C1. The molecule has 0 heterocycles. The van der Waals surface area contributed by atoms with Crippen LogP contribution < -0.4 is 4.74 Å². The van der Waals surface area contributed by atoms with E-state index in [1.807, 2.05) is 0 Å². The van der Waals surface area contributed by atoms with Crippen molar-refractivity contribution in [1.29, 1.82) is 0 Å². The largest absolute Gasteiger partial charge is 0.423 e. The van der Waals surface area contributed by atoms with Gasteiger partial charge in [-0.3, -0.25) is 0 Å². The van der Waals surface area contributed by atoms with E-state index < -0.39 is 11.8 Å². The van der Waals surface area contributed by atoms with E-state index in [1.54, 1.807) is 12.1 Å². The molecule has 28 heavy (non-hydrogen) atoms. The molecule has 2 aliphatic rings. The van der Waals surface area contributed by atoms with E-state index in [-0.39, 0.29) is 23.0 Å². The van der Waals surface area contributed by atoms with Crippen LogP contribution in [0.3, 0.4) is 0 Å². The van der Waals surface area contributed by atoms with Crippen molar-refractivity contribution in [2.24, 2.45) is 17.8 Å². The van der Waals surface area contributed by atoms with E-state index >= 15 is 0 Å². The Morgan fingerprint density at radius 1 is 0.929 bits per heavy atom. The lowest BCUT2D eigenvalue weighted by molar-refractivity contribution is 0.0734. The molecular weight excluding hydrogens is 358 g/mol. The van der Waals surface area contributed by atoms with Crippen molar-refractivity contribution in [3.8, 4) is 5.75 Å². The fraction of sp³-hybridized carbons (Fsp3) is 0.458. The smallest absolute Gasteiger partial charge is 0.343 e. The third-order valence-corrected chi connectivity index (χ3v) is 6.58. The number of benzene rings is 2. The topological polar surface area (TPSA) is 26.3 Å². The predicted molar refractivity (Wildman–Crippen MR) is 104 cm³/mol. The van der Waals surface area contributed by atoms with Crippen molar-refractivity contribution in [2.75, 3.05) is 0 Å². The van der Waals surface area contributed by atoms with E-state index in [4.69, 9.17) is 4.74 Å². The molecule has 0 bridgehead atoms. The molecule has 0 amide bonds. The minimum Gasteiger partial charge on any atom is -0.423 e. The first-order valence-corrected chi connectivity index (χ1v) is 10.3. The molecule has 0 aromatic heterocycles. The van der Waals surface area contributed by atoms with Crippen molar-refractivity contribution >= 4 is 5.97 Å². The Balaban J connectivity index is 1.44. The Labute approximate surface area is 164 Å². The van der Waals surface area contributed by atoms with Gasteiger partial charge >= 0.3 is 5.97 Å². The molecule has 148 valence electrons. The van der Waals surface area contributed by atoms with Crippen LogP contribution in [0, 0.1) is 29.4 Å². The van der Waals surface area contributed by atoms with Gasteiger partial charge in [0, 0.05) is 0 Å². The van der Waals surface area contributed by atoms with Gasteiger partial charge in [0.1, 0.15) is 17.4 Å². The molecule has 4 heteroatoms. The predicted octanol–water partition coefficient (Wildman–Crippen LogP) is 6.50. The molecule has 0 saturated heterocycles. The molecule has 1 unspecified atom stereocenters. The van der Waals surface area contributed by atoms with Crippen LogP contribution in [-0.2, 0) is 0 Å². The minimum absolute atomic E-state index is 0.172. The van der Waals surface area contributed by atoms with Crippen LogP contribution in [-0.4, -0.2) is 5.97 Å². The van der Waals surface area contributed by atoms with Gasteiger partial charge in [-0.2, -0.15) is 0 Å². The number of hydrogen-bond acceptors (Lipinski definition) is 2. The summed E-state index contributed by atoms with van der Waals surface area (Å²) in [5, 5.41) is 0. The van der Waals surface area contributed by atoms with Gasteiger partial charge in [-0.05, 0) is 97.7 Å². The average molecular weight is 384 g/mol. The molecule has 2 saturated carbocycles. The lowest BCUT2D eigenvalue weighted by Crippen LogP contribution is -2.30. The maximum atomic E-state index is 14.8. The third kappa shape index (κ3) is 4.11. The summed E-state index contributed by atoms with van der Waals surface area (Å²) in [4.78, 5) is 12.3. The Bertz CT molecular complexity index is 846. The van der Waals surface area contributed by atoms with Crippen LogP contribution in [0.1, 0.15) is 67.3 Å². The Kier molecular flexibility index (Phi) is 5.47. The zero-order valence-corrected chi connectivity index (χ0v) is 16.2. The fourth-order valence-corrected chi connectivity index (χ4v) is 5.06. The molecule has 2 aromatic carbocycles. The van der Waals surface area contributed by atoms with Crippen LogP contribution >= 0.6 is 0 Å². The number of esters is 1. The fourth-order valence-electron chi connectivity index (χ4n) is 5.06. The van der Waals surface area contributed by atoms with Crippen molar-refractivity contribution in [2.45, 2.75) is 51.4 Å². The second kappa shape index (κ2) is 8.02. The van der Waals surface area contributed by atoms with E-state index in [1.165, 1.54) is 56.0 Å². The Morgan fingerprint density at radius 3 is 2.39 bits per heavy atom. The molecule has 0 radical (unpaired) electrons. The van der Waals surface area contributed by atoms with Crippen molar-refractivity contribution in [3.05, 3.63) is 65.2 Å². The lowest BCUT2D eigenvalue weighted by atomic mass is 9.64. The highest BCUT2D eigenvalue weighted by Gasteiger charge is 2.35. The molecule has 2 fully saturated rings. The Morgan fingerprint density at radius 2 is 1.64 bits per heavy atom. The zero-order valence-electron chi connectivity index (χ0n) is 16.2. The van der Waals surface area contributed by atoms with Crippen LogP contribution in [0.5, 0.6) is 5.75 Å². The highest BCUT2D eigenvalue weighted by atomic mass is 19.1. The second-order valence-corrected chi connectivity index (χ2v) is 8.53. The van der Waals surface area contributed by atoms with E-state index in [0.717, 1.165) is 30.2 Å². The quantitative estimate of drug-likeness (QED) is 0.446. The molecule has 2 aliphatic carbocycles. The monoisotopic (exact) mass is 384 g/mol. The van der Waals surface area contributed by atoms with E-state index in [2.05, 4.69) is 6.92 Å². The molecule has 2 nitrogen and oxygen atoms in total. The summed E-state index contributed by atoms with van der Waals surface area (Å²) in [6.07, 6.45) is 7.09. The molecule has 4 atom stereocenters. The molecule has 4 rings (SSSR count). The molecule has 2 aromatic rings. The van der Waals surface area contributed by atoms with Gasteiger partial charge in [-0.1, -0.05) is 19.4 Å². The third-order valence-electron chi connectivity index (χ3n) is 6.58. The van der Waals surface area contributed by atoms with Crippen molar-refractivity contribution in [3.63, 3.8) is 0 Å². The summed E-state index contributed by atoms with van der Waals surface area (Å²) < 4.78 is 33.0. The minimum atomic E-state index is -0.637. The summed E-state index contributed by atoms with van der Waals surface area (Å²) in [6, 6.07) is 9.84. The molecule has 0 spiro atoms. The number of carbonyl (C=O) groups excluding carboxylic acids is 1. The highest BCUT2D eigenvalue weighted by molar-refractivity contribution is 5.91. The van der Waals surface area contributed by atoms with E-state index in [9.17, 15) is 13.6 Å². The van der Waals surface area contributed by atoms with Crippen LogP contribution in [0.15, 0.2) is 42.5 Å². The van der Waals surface area contributed by atoms with Crippen molar-refractivity contribution < 1.29 is 18.3 Å². The molecular formula is C24H26F2O2. The van der Waals surface area contributed by atoms with Crippen LogP contribution in [0.4, 0.5) is 8.78 Å². The normalized spacial score (nSPS) is 27.1. The maximum Gasteiger partial charge on any atom is 0.343 e. The van der Waals surface area contributed by atoms with E-state index in [0.29, 0.717) is 5.92 Å². The molecule has 0 aliphatic heterocycles. The van der Waals surface area contributed by atoms with Gasteiger partial charge in [-0.15, -0.1) is 0 Å². The first kappa shape index (κ1) is 19.1. The number of halogens is 2. The maximum absolute atomic E-state index is 14.8. The summed E-state index contributed by atoms with van der Waals surface area (Å²) in [6.45, 7) is 2.34. The van der Waals surface area contributed by atoms with Gasteiger partial charge in [0.05, 0.1) is 5.56 Å². The first-order chi connectivity index (χ1) is 13.5. The summed E-state index contributed by atoms with van der Waals surface area (Å²) in [5.41, 5.74) is 0.890. The number of carbonyl (C=O) groups is 1. The summed E-state index contributed by atoms with van der Waals surface area (Å²) in [5.74, 6) is 1.42. The highest BCUT2D eigenvalue weighted by Crippen LogP contribution is 2.47. The number of ether oxygens (including phenoxy) is 1. The average Bonchev–Trinajstić information content (AvgIpc) is 2.69. The van der Waals surface area contributed by atoms with Gasteiger partial charge in [-0.25, -0.2) is 13.6 Å². The van der Waals surface area contributed by atoms with Crippen LogP contribution in [0.2, 0.25) is 0 Å². The summed E-state index contributed by atoms with van der Waals surface area (Å²) >= 11 is 0. The lowest BCUT2D eigenvalue weighted by Gasteiger charge is -2.41. The van der Waals surface area contributed by atoms with Crippen molar-refractivity contribution in [1.82, 2.24) is 0 Å². The van der Waals surface area contributed by atoms with Crippen LogP contribution in [0.25, 0.3) is 0 Å². The standard InChI is InChI=1S/C24H26F2O2/c1-15-2-3-17-13-18(5-4-16(17)12-15)22-11-6-19(14-23(22)26)24(27)28-21-9-7-20(25)8-10-21/h6-11,14-18H,2-5,12-13H2,1H3/t15-,16-,17+,18?/m0/s1. The Hall–Kier alpha value is -2.23. The number of hydrogen-bond donors (Lipinski definition) is 0. The van der Waals surface area contributed by atoms with Gasteiger partial charge in [0.2, 0.25) is 0 Å². The number of rotatable bonds is 3. The summed E-state index contributed by atoms with van der Waals surface area (Å²) in [7, 11) is 0. The van der Waals surface area contributed by atoms with Gasteiger partial charge < -0.3 is 4.74 Å². The first-order valence-electron chi connectivity index (χ1n) is 10.3. The number of fused-ring (bicyclic) bond motifs is 1. The van der Waals surface area contributed by atoms with Gasteiger partial charge in [0.15, 0.2) is 0 Å². The molecule has 0 N–H and O–H groups in total. The van der Waals surface area contributed by atoms with Gasteiger partial charge in [0.25, 0.3) is 0 Å². The zero-order chi connectivity index (χ0) is 19.7.